The molecule has 0 spiro atoms. The average molecular weight is 300 g/mol. The quantitative estimate of drug-likeness (QED) is 0.725. The molecule has 0 radical (unpaired) electrons. The van der Waals surface area contributed by atoms with Gasteiger partial charge in [0.15, 0.2) is 0 Å². The fraction of sp³-hybridized carbons (Fsp3) is 0.273. The fourth-order valence-electron chi connectivity index (χ4n) is 1.28. The lowest BCUT2D eigenvalue weighted by atomic mass is 10.1. The summed E-state index contributed by atoms with van der Waals surface area (Å²) in [4.78, 5) is 22.7. The Labute approximate surface area is 108 Å². The molecule has 0 fully saturated rings. The van der Waals surface area contributed by atoms with Gasteiger partial charge in [0.05, 0.1) is 0 Å². The second-order valence-corrected chi connectivity index (χ2v) is 4.68. The van der Waals surface area contributed by atoms with E-state index in [0.29, 0.717) is 21.3 Å². The minimum atomic E-state index is -0.720. The molecule has 0 heterocycles. The predicted octanol–water partition coefficient (Wildman–Crippen LogP) is 0.943. The highest BCUT2D eigenvalue weighted by Gasteiger charge is 2.16. The summed E-state index contributed by atoms with van der Waals surface area (Å²) in [5.74, 6) is -0.958. The Balaban J connectivity index is 3.01. The van der Waals surface area contributed by atoms with Crippen LogP contribution >= 0.6 is 15.9 Å². The zero-order valence-corrected chi connectivity index (χ0v) is 11.2. The summed E-state index contributed by atoms with van der Waals surface area (Å²) < 4.78 is 0.706. The van der Waals surface area contributed by atoms with Crippen molar-refractivity contribution in [2.45, 2.75) is 19.9 Å². The number of benzene rings is 1. The molecule has 0 aliphatic carbocycles. The Hall–Kier alpha value is -1.56. The SMILES string of the molecule is Cc1c(N)cc(Br)cc1C(=O)NC(C)C(N)=O. The number of hydrogen-bond donors (Lipinski definition) is 3. The molecule has 0 saturated carbocycles. The summed E-state index contributed by atoms with van der Waals surface area (Å²) in [5.41, 5.74) is 12.4. The molecule has 92 valence electrons. The second kappa shape index (κ2) is 5.18. The van der Waals surface area contributed by atoms with E-state index < -0.39 is 11.9 Å². The highest BCUT2D eigenvalue weighted by Crippen LogP contribution is 2.22. The highest BCUT2D eigenvalue weighted by molar-refractivity contribution is 9.10. The van der Waals surface area contributed by atoms with Crippen LogP contribution < -0.4 is 16.8 Å². The number of halogens is 1. The van der Waals surface area contributed by atoms with Gasteiger partial charge in [0.1, 0.15) is 6.04 Å². The van der Waals surface area contributed by atoms with E-state index in [-0.39, 0.29) is 5.91 Å². The van der Waals surface area contributed by atoms with E-state index in [4.69, 9.17) is 11.5 Å². The van der Waals surface area contributed by atoms with E-state index in [0.717, 1.165) is 0 Å². The van der Waals surface area contributed by atoms with Gasteiger partial charge in [-0.3, -0.25) is 9.59 Å². The minimum Gasteiger partial charge on any atom is -0.398 e. The van der Waals surface area contributed by atoms with Crippen LogP contribution in [0.1, 0.15) is 22.8 Å². The summed E-state index contributed by atoms with van der Waals surface area (Å²) in [6.45, 7) is 3.27. The Bertz CT molecular complexity index is 474. The van der Waals surface area contributed by atoms with Gasteiger partial charge in [-0.05, 0) is 31.5 Å². The molecule has 6 heteroatoms. The van der Waals surface area contributed by atoms with Crippen molar-refractivity contribution in [3.05, 3.63) is 27.7 Å². The zero-order chi connectivity index (χ0) is 13.2. The number of nitrogen functional groups attached to an aromatic ring is 1. The number of anilines is 1. The maximum atomic E-state index is 11.9. The van der Waals surface area contributed by atoms with Gasteiger partial charge >= 0.3 is 0 Å². The number of primary amides is 1. The fourth-order valence-corrected chi connectivity index (χ4v) is 1.76. The minimum absolute atomic E-state index is 0.373. The number of nitrogens with two attached hydrogens (primary N) is 2. The van der Waals surface area contributed by atoms with Crippen molar-refractivity contribution in [3.8, 4) is 0 Å². The van der Waals surface area contributed by atoms with Crippen LogP contribution in [0.4, 0.5) is 5.69 Å². The molecule has 5 N–H and O–H groups in total. The Morgan fingerprint density at radius 1 is 1.41 bits per heavy atom. The molecule has 0 aliphatic rings. The molecular weight excluding hydrogens is 286 g/mol. The highest BCUT2D eigenvalue weighted by atomic mass is 79.9. The molecule has 5 nitrogen and oxygen atoms in total. The summed E-state index contributed by atoms with van der Waals surface area (Å²) in [6, 6.07) is 2.64. The first-order valence-electron chi connectivity index (χ1n) is 4.98. The molecular formula is C11H14BrN3O2. The first-order chi connectivity index (χ1) is 7.82. The number of nitrogens with one attached hydrogen (secondary N) is 1. The van der Waals surface area contributed by atoms with Gasteiger partial charge in [0.2, 0.25) is 5.91 Å². The van der Waals surface area contributed by atoms with E-state index in [9.17, 15) is 9.59 Å². The Kier molecular flexibility index (Phi) is 4.11. The summed E-state index contributed by atoms with van der Waals surface area (Å²) in [7, 11) is 0. The molecule has 1 aromatic carbocycles. The van der Waals surface area contributed by atoms with Crippen molar-refractivity contribution in [1.82, 2.24) is 5.32 Å². The average Bonchev–Trinajstić information content (AvgIpc) is 2.22. The third-order valence-corrected chi connectivity index (χ3v) is 2.89. The largest absolute Gasteiger partial charge is 0.398 e. The van der Waals surface area contributed by atoms with Crippen molar-refractivity contribution in [3.63, 3.8) is 0 Å². The lowest BCUT2D eigenvalue weighted by molar-refractivity contribution is -0.119. The number of rotatable bonds is 3. The molecule has 17 heavy (non-hydrogen) atoms. The van der Waals surface area contributed by atoms with Gasteiger partial charge < -0.3 is 16.8 Å². The molecule has 0 aromatic heterocycles. The van der Waals surface area contributed by atoms with Gasteiger partial charge in [0, 0.05) is 15.7 Å². The van der Waals surface area contributed by atoms with Crippen LogP contribution in [0, 0.1) is 6.92 Å². The molecule has 1 rings (SSSR count). The van der Waals surface area contributed by atoms with Crippen molar-refractivity contribution in [2.24, 2.45) is 5.73 Å². The molecule has 0 aliphatic heterocycles. The molecule has 2 amide bonds. The Morgan fingerprint density at radius 3 is 2.53 bits per heavy atom. The van der Waals surface area contributed by atoms with Crippen LogP contribution in [-0.2, 0) is 4.79 Å². The normalized spacial score (nSPS) is 11.9. The van der Waals surface area contributed by atoms with Crippen molar-refractivity contribution < 1.29 is 9.59 Å². The number of carbonyl (C=O) groups is 2. The van der Waals surface area contributed by atoms with Crippen LogP contribution in [0.3, 0.4) is 0 Å². The summed E-state index contributed by atoms with van der Waals surface area (Å²) >= 11 is 3.26. The van der Waals surface area contributed by atoms with Crippen LogP contribution in [0.2, 0.25) is 0 Å². The van der Waals surface area contributed by atoms with Crippen molar-refractivity contribution in [1.29, 1.82) is 0 Å². The summed E-state index contributed by atoms with van der Waals surface area (Å²) in [5, 5.41) is 2.50. The van der Waals surface area contributed by atoms with E-state index in [2.05, 4.69) is 21.2 Å². The lowest BCUT2D eigenvalue weighted by Crippen LogP contribution is -2.42. The molecule has 1 atom stereocenters. The first kappa shape index (κ1) is 13.5. The second-order valence-electron chi connectivity index (χ2n) is 3.77. The van der Waals surface area contributed by atoms with E-state index in [1.807, 2.05) is 0 Å². The Morgan fingerprint density at radius 2 is 2.00 bits per heavy atom. The molecule has 1 aromatic rings. The topological polar surface area (TPSA) is 98.2 Å². The third kappa shape index (κ3) is 3.20. The monoisotopic (exact) mass is 299 g/mol. The van der Waals surface area contributed by atoms with E-state index in [1.54, 1.807) is 19.1 Å². The maximum absolute atomic E-state index is 11.9. The van der Waals surface area contributed by atoms with Gasteiger partial charge in [-0.1, -0.05) is 15.9 Å². The first-order valence-corrected chi connectivity index (χ1v) is 5.78. The standard InChI is InChI=1S/C11H14BrN3O2/c1-5-8(3-7(12)4-9(5)13)11(17)15-6(2)10(14)16/h3-4,6H,13H2,1-2H3,(H2,14,16)(H,15,17). The number of hydrogen-bond acceptors (Lipinski definition) is 3. The third-order valence-electron chi connectivity index (χ3n) is 2.43. The molecule has 0 saturated heterocycles. The van der Waals surface area contributed by atoms with Crippen LogP contribution in [-0.4, -0.2) is 17.9 Å². The van der Waals surface area contributed by atoms with Crippen LogP contribution in [0.5, 0.6) is 0 Å². The van der Waals surface area contributed by atoms with Gasteiger partial charge in [-0.25, -0.2) is 0 Å². The smallest absolute Gasteiger partial charge is 0.252 e. The maximum Gasteiger partial charge on any atom is 0.252 e. The van der Waals surface area contributed by atoms with Gasteiger partial charge in [-0.2, -0.15) is 0 Å². The number of carbonyl (C=O) groups excluding carboxylic acids is 2. The van der Waals surface area contributed by atoms with Gasteiger partial charge in [-0.15, -0.1) is 0 Å². The summed E-state index contributed by atoms with van der Waals surface area (Å²) in [6.07, 6.45) is 0. The zero-order valence-electron chi connectivity index (χ0n) is 9.58. The van der Waals surface area contributed by atoms with Crippen molar-refractivity contribution >= 4 is 33.4 Å². The number of amides is 2. The van der Waals surface area contributed by atoms with Crippen LogP contribution in [0.25, 0.3) is 0 Å². The van der Waals surface area contributed by atoms with Crippen molar-refractivity contribution in [2.75, 3.05) is 5.73 Å². The van der Waals surface area contributed by atoms with E-state index in [1.165, 1.54) is 6.92 Å². The van der Waals surface area contributed by atoms with Crippen LogP contribution in [0.15, 0.2) is 16.6 Å². The lowest BCUT2D eigenvalue weighted by Gasteiger charge is -2.13. The predicted molar refractivity (Wildman–Crippen MR) is 69.4 cm³/mol. The van der Waals surface area contributed by atoms with Gasteiger partial charge in [0.25, 0.3) is 5.91 Å². The van der Waals surface area contributed by atoms with E-state index >= 15 is 0 Å². The molecule has 0 bridgehead atoms. The molecule has 1 unspecified atom stereocenters.